The Balaban J connectivity index is 1.62. The minimum atomic E-state index is 0.119. The summed E-state index contributed by atoms with van der Waals surface area (Å²) in [5, 5.41) is 18.8. The van der Waals surface area contributed by atoms with Gasteiger partial charge in [0, 0.05) is 27.9 Å². The van der Waals surface area contributed by atoms with Crippen molar-refractivity contribution in [2.45, 2.75) is 20.5 Å². The van der Waals surface area contributed by atoms with Crippen molar-refractivity contribution in [3.63, 3.8) is 0 Å². The molecule has 0 spiro atoms. The number of benzene rings is 3. The number of aryl methyl sites for hydroxylation is 2. The predicted octanol–water partition coefficient (Wildman–Crippen LogP) is 6.30. The number of nitrogens with zero attached hydrogens (tertiary/aromatic N) is 1. The Hall–Kier alpha value is -3.24. The zero-order chi connectivity index (χ0) is 20.4. The topological polar surface area (TPSA) is 58.1 Å². The molecule has 4 rings (SSSR count). The highest BCUT2D eigenvalue weighted by Crippen LogP contribution is 2.39. The number of phenolic OH excluding ortho intramolecular Hbond substituents is 1. The molecule has 0 saturated heterocycles. The van der Waals surface area contributed by atoms with Gasteiger partial charge in [0.1, 0.15) is 23.8 Å². The van der Waals surface area contributed by atoms with Gasteiger partial charge in [-0.05, 0) is 54.8 Å². The number of H-pyrrole nitrogens is 1. The van der Waals surface area contributed by atoms with E-state index < -0.39 is 0 Å². The number of phenols is 1. The molecular weight excluding hydrogens is 384 g/mol. The van der Waals surface area contributed by atoms with Crippen molar-refractivity contribution >= 4 is 11.6 Å². The molecule has 0 aliphatic heterocycles. The van der Waals surface area contributed by atoms with Gasteiger partial charge in [0.15, 0.2) is 0 Å². The molecule has 0 atom stereocenters. The number of aromatic nitrogens is 2. The van der Waals surface area contributed by atoms with Gasteiger partial charge in [-0.25, -0.2) is 0 Å². The van der Waals surface area contributed by atoms with Gasteiger partial charge >= 0.3 is 0 Å². The molecule has 1 aromatic heterocycles. The number of hydrogen-bond acceptors (Lipinski definition) is 3. The lowest BCUT2D eigenvalue weighted by Crippen LogP contribution is -1.97. The van der Waals surface area contributed by atoms with Crippen LogP contribution in [0.3, 0.4) is 0 Å². The van der Waals surface area contributed by atoms with Crippen molar-refractivity contribution < 1.29 is 9.84 Å². The summed E-state index contributed by atoms with van der Waals surface area (Å²) in [4.78, 5) is 0. The number of halogens is 1. The third-order valence-corrected chi connectivity index (χ3v) is 5.21. The summed E-state index contributed by atoms with van der Waals surface area (Å²) < 4.78 is 5.87. The molecule has 3 aromatic carbocycles. The minimum absolute atomic E-state index is 0.119. The maximum Gasteiger partial charge on any atom is 0.128 e. The first-order chi connectivity index (χ1) is 14.0. The van der Waals surface area contributed by atoms with Gasteiger partial charge in [-0.2, -0.15) is 5.10 Å². The Bertz CT molecular complexity index is 1150. The molecule has 0 fully saturated rings. The van der Waals surface area contributed by atoms with Crippen LogP contribution in [-0.2, 0) is 6.61 Å². The summed E-state index contributed by atoms with van der Waals surface area (Å²) in [6, 6.07) is 21.0. The van der Waals surface area contributed by atoms with Gasteiger partial charge in [-0.15, -0.1) is 0 Å². The van der Waals surface area contributed by atoms with Gasteiger partial charge in [0.05, 0.1) is 0 Å². The molecule has 0 bridgehead atoms. The monoisotopic (exact) mass is 404 g/mol. The first-order valence-corrected chi connectivity index (χ1v) is 9.72. The molecule has 4 aromatic rings. The largest absolute Gasteiger partial charge is 0.507 e. The summed E-state index contributed by atoms with van der Waals surface area (Å²) in [6.07, 6.45) is 0. The molecule has 0 unspecified atom stereocenters. The van der Waals surface area contributed by atoms with Crippen LogP contribution in [0.15, 0.2) is 66.7 Å². The normalized spacial score (nSPS) is 10.9. The van der Waals surface area contributed by atoms with Gasteiger partial charge < -0.3 is 9.84 Å². The van der Waals surface area contributed by atoms with E-state index in [1.807, 2.05) is 61.5 Å². The third-order valence-electron chi connectivity index (χ3n) is 4.96. The zero-order valence-electron chi connectivity index (χ0n) is 16.2. The first kappa shape index (κ1) is 19.1. The van der Waals surface area contributed by atoms with E-state index >= 15 is 0 Å². The molecule has 0 saturated carbocycles. The molecule has 2 N–H and O–H groups in total. The van der Waals surface area contributed by atoms with Crippen LogP contribution in [0.5, 0.6) is 11.5 Å². The van der Waals surface area contributed by atoms with Crippen LogP contribution >= 0.6 is 11.6 Å². The number of hydrogen-bond donors (Lipinski definition) is 2. The molecule has 146 valence electrons. The van der Waals surface area contributed by atoms with Crippen LogP contribution in [0.4, 0.5) is 0 Å². The molecule has 0 amide bonds. The molecule has 0 aliphatic rings. The van der Waals surface area contributed by atoms with Crippen molar-refractivity contribution in [3.05, 3.63) is 88.6 Å². The van der Waals surface area contributed by atoms with Gasteiger partial charge in [-0.1, -0.05) is 48.0 Å². The van der Waals surface area contributed by atoms with Crippen LogP contribution in [-0.4, -0.2) is 15.3 Å². The fourth-order valence-corrected chi connectivity index (χ4v) is 3.45. The maximum absolute atomic E-state index is 10.7. The quantitative estimate of drug-likeness (QED) is 0.410. The molecule has 29 heavy (non-hydrogen) atoms. The Labute approximate surface area is 174 Å². The lowest BCUT2D eigenvalue weighted by molar-refractivity contribution is 0.303. The summed E-state index contributed by atoms with van der Waals surface area (Å²) in [5.74, 6) is 0.726. The second-order valence-corrected chi connectivity index (χ2v) is 7.41. The highest BCUT2D eigenvalue weighted by molar-refractivity contribution is 6.30. The van der Waals surface area contributed by atoms with E-state index in [0.29, 0.717) is 28.6 Å². The Morgan fingerprint density at radius 3 is 2.48 bits per heavy atom. The number of ether oxygens (including phenoxy) is 1. The maximum atomic E-state index is 10.7. The van der Waals surface area contributed by atoms with E-state index in [-0.39, 0.29) is 5.75 Å². The van der Waals surface area contributed by atoms with Gasteiger partial charge in [-0.3, -0.25) is 5.10 Å². The van der Waals surface area contributed by atoms with E-state index in [4.69, 9.17) is 16.3 Å². The van der Waals surface area contributed by atoms with Crippen molar-refractivity contribution in [3.8, 4) is 33.9 Å². The molecule has 5 heteroatoms. The average molecular weight is 405 g/mol. The second-order valence-electron chi connectivity index (χ2n) is 6.97. The SMILES string of the molecule is Cc1ccccc1COc1ccc(-c2n[nH]c(C)c2-c2ccc(Cl)cc2)c(O)c1. The van der Waals surface area contributed by atoms with Gasteiger partial charge in [0.25, 0.3) is 0 Å². The fraction of sp³-hybridized carbons (Fsp3) is 0.125. The second kappa shape index (κ2) is 8.02. The first-order valence-electron chi connectivity index (χ1n) is 9.34. The Kier molecular flexibility index (Phi) is 5.28. The number of aromatic amines is 1. The van der Waals surface area contributed by atoms with E-state index in [2.05, 4.69) is 23.2 Å². The summed E-state index contributed by atoms with van der Waals surface area (Å²) >= 11 is 6.02. The summed E-state index contributed by atoms with van der Waals surface area (Å²) in [6.45, 7) is 4.46. The Morgan fingerprint density at radius 2 is 1.76 bits per heavy atom. The molecule has 4 nitrogen and oxygen atoms in total. The third kappa shape index (κ3) is 3.98. The standard InChI is InChI=1S/C24H21ClN2O2/c1-15-5-3-4-6-18(15)14-29-20-11-12-21(22(28)13-20)24-23(16(2)26-27-24)17-7-9-19(25)10-8-17/h3-13,28H,14H2,1-2H3,(H,26,27). The summed E-state index contributed by atoms with van der Waals surface area (Å²) in [5.41, 5.74) is 6.45. The number of aromatic hydroxyl groups is 1. The van der Waals surface area contributed by atoms with Crippen LogP contribution < -0.4 is 4.74 Å². The molecular formula is C24H21ClN2O2. The van der Waals surface area contributed by atoms with E-state index in [9.17, 15) is 5.11 Å². The highest BCUT2D eigenvalue weighted by atomic mass is 35.5. The van der Waals surface area contributed by atoms with Crippen LogP contribution in [0.25, 0.3) is 22.4 Å². The van der Waals surface area contributed by atoms with Gasteiger partial charge in [0.2, 0.25) is 0 Å². The van der Waals surface area contributed by atoms with Crippen molar-refractivity contribution in [2.24, 2.45) is 0 Å². The van der Waals surface area contributed by atoms with Crippen LogP contribution in [0.2, 0.25) is 5.02 Å². The Morgan fingerprint density at radius 1 is 1.00 bits per heavy atom. The van der Waals surface area contributed by atoms with Crippen molar-refractivity contribution in [1.82, 2.24) is 10.2 Å². The highest BCUT2D eigenvalue weighted by Gasteiger charge is 2.17. The zero-order valence-corrected chi connectivity index (χ0v) is 17.0. The summed E-state index contributed by atoms with van der Waals surface area (Å²) in [7, 11) is 0. The van der Waals surface area contributed by atoms with Crippen molar-refractivity contribution in [2.75, 3.05) is 0 Å². The average Bonchev–Trinajstić information content (AvgIpc) is 3.09. The van der Waals surface area contributed by atoms with Crippen LogP contribution in [0, 0.1) is 13.8 Å². The van der Waals surface area contributed by atoms with E-state index in [1.165, 1.54) is 5.56 Å². The lowest BCUT2D eigenvalue weighted by Gasteiger charge is -2.11. The smallest absolute Gasteiger partial charge is 0.128 e. The molecule has 0 aliphatic carbocycles. The number of rotatable bonds is 5. The molecule has 0 radical (unpaired) electrons. The van der Waals surface area contributed by atoms with Crippen LogP contribution in [0.1, 0.15) is 16.8 Å². The lowest BCUT2D eigenvalue weighted by atomic mass is 9.99. The van der Waals surface area contributed by atoms with E-state index in [0.717, 1.165) is 22.4 Å². The number of nitrogens with one attached hydrogen (secondary N) is 1. The van der Waals surface area contributed by atoms with E-state index in [1.54, 1.807) is 6.07 Å². The predicted molar refractivity (Wildman–Crippen MR) is 116 cm³/mol. The molecule has 1 heterocycles. The van der Waals surface area contributed by atoms with Crippen molar-refractivity contribution in [1.29, 1.82) is 0 Å². The fourth-order valence-electron chi connectivity index (χ4n) is 3.33. The minimum Gasteiger partial charge on any atom is -0.507 e.